The van der Waals surface area contributed by atoms with E-state index in [9.17, 15) is 9.59 Å². The largest absolute Gasteiger partial charge is 0.325 e. The fraction of sp³-hybridized carbons (Fsp3) is 0.321. The molecular weight excluding hydrogens is 560 g/mol. The van der Waals surface area contributed by atoms with E-state index in [0.717, 1.165) is 22.9 Å². The fourth-order valence-corrected chi connectivity index (χ4v) is 5.76. The molecule has 0 bridgehead atoms. The number of amides is 2. The number of nitrogens with one attached hydrogen (secondary N) is 1. The number of aryl methyl sites for hydroxylation is 2. The molecule has 4 aromatic heterocycles. The minimum atomic E-state index is -0.576. The number of rotatable bonds is 6. The lowest BCUT2D eigenvalue weighted by atomic mass is 10.0. The highest BCUT2D eigenvalue weighted by molar-refractivity contribution is 9.10. The first-order valence-corrected chi connectivity index (χ1v) is 13.5. The van der Waals surface area contributed by atoms with Gasteiger partial charge in [-0.05, 0) is 71.8 Å². The lowest BCUT2D eigenvalue weighted by Crippen LogP contribution is -2.47. The van der Waals surface area contributed by atoms with Crippen molar-refractivity contribution in [2.24, 2.45) is 5.41 Å². The maximum absolute atomic E-state index is 13.7. The van der Waals surface area contributed by atoms with Crippen LogP contribution in [0.3, 0.4) is 0 Å². The Morgan fingerprint density at radius 1 is 1.18 bits per heavy atom. The van der Waals surface area contributed by atoms with Crippen LogP contribution in [0.5, 0.6) is 0 Å². The zero-order valence-corrected chi connectivity index (χ0v) is 23.4. The lowest BCUT2D eigenvalue weighted by molar-refractivity contribution is -0.138. The zero-order valence-electron chi connectivity index (χ0n) is 21.8. The van der Waals surface area contributed by atoms with Gasteiger partial charge >= 0.3 is 0 Å². The number of piperidine rings is 1. The predicted octanol–water partition coefficient (Wildman–Crippen LogP) is 4.32. The smallest absolute Gasteiger partial charge is 0.248 e. The van der Waals surface area contributed by atoms with E-state index in [2.05, 4.69) is 59.8 Å². The van der Waals surface area contributed by atoms with Crippen molar-refractivity contribution in [1.29, 1.82) is 0 Å². The number of nitrogens with zero attached hydrogens (tertiary/aromatic N) is 7. The SMILES string of the molecule is C=Cc1nn(CC(=O)N2[C@H](C(=O)Nc3nc(Br)ccc3C)C[C@@]3(C)C[C@@H]23)c2cnc(-c3cnc(C)nc3)cc12. The van der Waals surface area contributed by atoms with Gasteiger partial charge in [-0.1, -0.05) is 19.6 Å². The third-order valence-corrected chi connectivity index (χ3v) is 8.19. The molecule has 11 heteroatoms. The van der Waals surface area contributed by atoms with Crippen molar-refractivity contribution in [3.05, 3.63) is 65.1 Å². The van der Waals surface area contributed by atoms with Crippen molar-refractivity contribution in [2.45, 2.75) is 52.2 Å². The highest BCUT2D eigenvalue weighted by atomic mass is 79.9. The van der Waals surface area contributed by atoms with Gasteiger partial charge in [0.2, 0.25) is 11.8 Å². The van der Waals surface area contributed by atoms with Crippen molar-refractivity contribution >= 4 is 50.5 Å². The Bertz CT molecular complexity index is 1650. The summed E-state index contributed by atoms with van der Waals surface area (Å²) in [7, 11) is 0. The molecule has 0 aromatic carbocycles. The monoisotopic (exact) mass is 586 g/mol. The van der Waals surface area contributed by atoms with E-state index < -0.39 is 6.04 Å². The summed E-state index contributed by atoms with van der Waals surface area (Å²) < 4.78 is 2.28. The van der Waals surface area contributed by atoms with Gasteiger partial charge in [0, 0.05) is 29.4 Å². The van der Waals surface area contributed by atoms with E-state index in [1.807, 2.05) is 32.0 Å². The van der Waals surface area contributed by atoms with E-state index in [-0.39, 0.29) is 29.8 Å². The molecule has 0 spiro atoms. The van der Waals surface area contributed by atoms with Crippen LogP contribution in [0, 0.1) is 19.3 Å². The summed E-state index contributed by atoms with van der Waals surface area (Å²) in [5.74, 6) is 0.786. The molecule has 0 unspecified atom stereocenters. The predicted molar refractivity (Wildman–Crippen MR) is 150 cm³/mol. The maximum atomic E-state index is 13.7. The second-order valence-corrected chi connectivity index (χ2v) is 11.3. The van der Waals surface area contributed by atoms with Crippen molar-refractivity contribution in [2.75, 3.05) is 5.32 Å². The Morgan fingerprint density at radius 2 is 1.95 bits per heavy atom. The van der Waals surface area contributed by atoms with E-state index in [0.29, 0.717) is 39.6 Å². The second kappa shape index (κ2) is 9.33. The number of halogens is 1. The Labute approximate surface area is 233 Å². The molecule has 2 fully saturated rings. The number of carbonyl (C=O) groups excluding carboxylic acids is 2. The molecule has 5 heterocycles. The highest BCUT2D eigenvalue weighted by Gasteiger charge is 2.64. The van der Waals surface area contributed by atoms with Gasteiger partial charge < -0.3 is 10.2 Å². The number of pyridine rings is 2. The first-order valence-electron chi connectivity index (χ1n) is 12.7. The Kier molecular flexibility index (Phi) is 6.05. The maximum Gasteiger partial charge on any atom is 0.248 e. The first kappa shape index (κ1) is 25.3. The van der Waals surface area contributed by atoms with E-state index in [1.54, 1.807) is 34.2 Å². The summed E-state index contributed by atoms with van der Waals surface area (Å²) >= 11 is 3.36. The molecule has 1 saturated heterocycles. The van der Waals surface area contributed by atoms with Crippen LogP contribution < -0.4 is 5.32 Å². The summed E-state index contributed by atoms with van der Waals surface area (Å²) in [6, 6.07) is 5.07. The highest BCUT2D eigenvalue weighted by Crippen LogP contribution is 2.59. The Hall–Kier alpha value is -3.99. The topological polar surface area (TPSA) is 119 Å². The average Bonchev–Trinajstić information content (AvgIpc) is 3.30. The van der Waals surface area contributed by atoms with Gasteiger partial charge in [0.25, 0.3) is 0 Å². The molecule has 2 amide bonds. The normalized spacial score (nSPS) is 21.6. The molecule has 6 rings (SSSR count). The number of carbonyl (C=O) groups is 2. The van der Waals surface area contributed by atoms with Gasteiger partial charge in [0.15, 0.2) is 0 Å². The van der Waals surface area contributed by atoms with Crippen molar-refractivity contribution in [3.63, 3.8) is 0 Å². The van der Waals surface area contributed by atoms with Crippen LogP contribution in [-0.2, 0) is 16.1 Å². The molecule has 1 aliphatic carbocycles. The average molecular weight is 587 g/mol. The zero-order chi connectivity index (χ0) is 27.5. The molecule has 3 atom stereocenters. The van der Waals surface area contributed by atoms with Crippen LogP contribution in [-0.4, -0.2) is 58.5 Å². The van der Waals surface area contributed by atoms with Crippen LogP contribution in [0.4, 0.5) is 5.82 Å². The molecule has 0 radical (unpaired) electrons. The minimum Gasteiger partial charge on any atom is -0.325 e. The van der Waals surface area contributed by atoms with E-state index in [1.165, 1.54) is 0 Å². The molecule has 2 aliphatic rings. The van der Waals surface area contributed by atoms with Crippen molar-refractivity contribution in [1.82, 2.24) is 34.6 Å². The third-order valence-electron chi connectivity index (χ3n) is 7.75. The van der Waals surface area contributed by atoms with Crippen LogP contribution in [0.1, 0.15) is 36.8 Å². The summed E-state index contributed by atoms with van der Waals surface area (Å²) in [4.78, 5) is 46.4. The summed E-state index contributed by atoms with van der Waals surface area (Å²) in [5.41, 5.74) is 3.65. The van der Waals surface area contributed by atoms with E-state index >= 15 is 0 Å². The van der Waals surface area contributed by atoms with Crippen molar-refractivity contribution in [3.8, 4) is 11.3 Å². The number of aromatic nitrogens is 6. The van der Waals surface area contributed by atoms with Gasteiger partial charge in [-0.15, -0.1) is 0 Å². The Balaban J connectivity index is 1.27. The van der Waals surface area contributed by atoms with Gasteiger partial charge in [0.05, 0.1) is 23.1 Å². The molecule has 39 heavy (non-hydrogen) atoms. The molecule has 1 aliphatic heterocycles. The summed E-state index contributed by atoms with van der Waals surface area (Å²) in [6.45, 7) is 9.74. The third kappa shape index (κ3) is 4.50. The van der Waals surface area contributed by atoms with Crippen molar-refractivity contribution < 1.29 is 9.59 Å². The summed E-state index contributed by atoms with van der Waals surface area (Å²) in [5, 5.41) is 8.41. The molecule has 198 valence electrons. The Morgan fingerprint density at radius 3 is 2.69 bits per heavy atom. The van der Waals surface area contributed by atoms with Gasteiger partial charge in [-0.25, -0.2) is 15.0 Å². The van der Waals surface area contributed by atoms with E-state index in [4.69, 9.17) is 0 Å². The van der Waals surface area contributed by atoms with Crippen LogP contribution in [0.2, 0.25) is 0 Å². The molecule has 1 saturated carbocycles. The van der Waals surface area contributed by atoms with Crippen LogP contribution in [0.25, 0.3) is 28.2 Å². The van der Waals surface area contributed by atoms with Crippen LogP contribution >= 0.6 is 15.9 Å². The number of hydrogen-bond acceptors (Lipinski definition) is 7. The lowest BCUT2D eigenvalue weighted by Gasteiger charge is -2.27. The second-order valence-electron chi connectivity index (χ2n) is 10.5. The standard InChI is InChI=1S/C28H27BrN8O2/c1-5-19-18-8-20(17-11-30-16(3)31-12-17)32-13-22(18)36(35-19)14-25(38)37-21(9-28(4)10-23(28)37)27(39)34-26-15(2)6-7-24(29)33-26/h5-8,11-13,21,23H,1,9-10,14H2,2-4H3,(H,33,34,39)/t21-,23+,28-/m0/s1. The number of fused-ring (bicyclic) bond motifs is 2. The minimum absolute atomic E-state index is 0.0104. The van der Waals surface area contributed by atoms with Gasteiger partial charge in [-0.2, -0.15) is 5.10 Å². The number of anilines is 1. The summed E-state index contributed by atoms with van der Waals surface area (Å²) in [6.07, 6.45) is 8.33. The number of hydrogen-bond donors (Lipinski definition) is 1. The van der Waals surface area contributed by atoms with Crippen LogP contribution in [0.15, 0.2) is 48.0 Å². The number of likely N-dealkylation sites (tertiary alicyclic amines) is 1. The van der Waals surface area contributed by atoms with Gasteiger partial charge in [-0.3, -0.25) is 19.3 Å². The van der Waals surface area contributed by atoms with Gasteiger partial charge in [0.1, 0.15) is 28.8 Å². The first-order chi connectivity index (χ1) is 18.7. The molecule has 4 aromatic rings. The molecular formula is C28H27BrN8O2. The fourth-order valence-electron chi connectivity index (χ4n) is 5.45. The molecule has 1 N–H and O–H groups in total. The quantitative estimate of drug-likeness (QED) is 0.334. The molecule has 10 nitrogen and oxygen atoms in total.